The SMILES string of the molecule is CCc1nccn1CC(C)C(=O)Nc1ccc(OCCN2CCCCCC2)cc1. The van der Waals surface area contributed by atoms with Crippen molar-refractivity contribution >= 4 is 11.6 Å². The zero-order valence-corrected chi connectivity index (χ0v) is 17.8. The number of anilines is 1. The number of ether oxygens (including phenoxy) is 1. The molecular weight excluding hydrogens is 364 g/mol. The molecule has 1 fully saturated rings. The Morgan fingerprint density at radius 1 is 1.17 bits per heavy atom. The number of benzene rings is 1. The topological polar surface area (TPSA) is 59.4 Å². The summed E-state index contributed by atoms with van der Waals surface area (Å²) >= 11 is 0. The van der Waals surface area contributed by atoms with E-state index >= 15 is 0 Å². The van der Waals surface area contributed by atoms with Crippen molar-refractivity contribution in [3.63, 3.8) is 0 Å². The van der Waals surface area contributed by atoms with Gasteiger partial charge in [-0.05, 0) is 50.2 Å². The van der Waals surface area contributed by atoms with Gasteiger partial charge in [0.15, 0.2) is 0 Å². The lowest BCUT2D eigenvalue weighted by atomic mass is 10.1. The molecule has 1 aliphatic rings. The first-order valence-corrected chi connectivity index (χ1v) is 10.9. The molecule has 1 aromatic heterocycles. The lowest BCUT2D eigenvalue weighted by Crippen LogP contribution is -2.29. The van der Waals surface area contributed by atoms with Crippen LogP contribution in [0, 0.1) is 5.92 Å². The van der Waals surface area contributed by atoms with E-state index in [9.17, 15) is 4.79 Å². The molecule has 0 radical (unpaired) electrons. The largest absolute Gasteiger partial charge is 0.492 e. The maximum absolute atomic E-state index is 12.5. The maximum Gasteiger partial charge on any atom is 0.229 e. The normalized spacial score (nSPS) is 16.2. The van der Waals surface area contributed by atoms with E-state index in [2.05, 4.69) is 22.1 Å². The highest BCUT2D eigenvalue weighted by Gasteiger charge is 2.15. The molecule has 0 spiro atoms. The van der Waals surface area contributed by atoms with Crippen molar-refractivity contribution in [3.8, 4) is 5.75 Å². The van der Waals surface area contributed by atoms with Crippen LogP contribution in [0.15, 0.2) is 36.7 Å². The van der Waals surface area contributed by atoms with Gasteiger partial charge in [-0.2, -0.15) is 0 Å². The van der Waals surface area contributed by atoms with Crippen LogP contribution in [0.1, 0.15) is 45.4 Å². The molecular formula is C23H34N4O2. The van der Waals surface area contributed by atoms with Gasteiger partial charge >= 0.3 is 0 Å². The molecule has 0 bridgehead atoms. The summed E-state index contributed by atoms with van der Waals surface area (Å²) in [5.41, 5.74) is 0.795. The predicted molar refractivity (Wildman–Crippen MR) is 116 cm³/mol. The van der Waals surface area contributed by atoms with Gasteiger partial charge in [-0.3, -0.25) is 9.69 Å². The Hall–Kier alpha value is -2.34. The summed E-state index contributed by atoms with van der Waals surface area (Å²) in [6, 6.07) is 7.66. The third-order valence-electron chi connectivity index (χ3n) is 5.53. The molecule has 2 aromatic rings. The fourth-order valence-corrected chi connectivity index (χ4v) is 3.75. The molecule has 1 amide bonds. The van der Waals surface area contributed by atoms with E-state index in [1.807, 2.05) is 42.0 Å². The molecule has 3 rings (SSSR count). The van der Waals surface area contributed by atoms with Gasteiger partial charge in [0.05, 0.1) is 5.92 Å². The molecule has 1 aromatic carbocycles. The van der Waals surface area contributed by atoms with Crippen LogP contribution >= 0.6 is 0 Å². The lowest BCUT2D eigenvalue weighted by Gasteiger charge is -2.19. The van der Waals surface area contributed by atoms with Crippen LogP contribution in [-0.2, 0) is 17.8 Å². The zero-order valence-electron chi connectivity index (χ0n) is 17.8. The van der Waals surface area contributed by atoms with Crippen LogP contribution < -0.4 is 10.1 Å². The lowest BCUT2D eigenvalue weighted by molar-refractivity contribution is -0.119. The number of rotatable bonds is 9. The Morgan fingerprint density at radius 2 is 1.90 bits per heavy atom. The second kappa shape index (κ2) is 11.0. The van der Waals surface area contributed by atoms with Gasteiger partial charge in [0.2, 0.25) is 5.91 Å². The first-order valence-electron chi connectivity index (χ1n) is 10.9. The monoisotopic (exact) mass is 398 g/mol. The summed E-state index contributed by atoms with van der Waals surface area (Å²) in [5, 5.41) is 3.00. The Bertz CT molecular complexity index is 748. The summed E-state index contributed by atoms with van der Waals surface area (Å²) in [7, 11) is 0. The number of nitrogens with zero attached hydrogens (tertiary/aromatic N) is 3. The smallest absolute Gasteiger partial charge is 0.229 e. The average molecular weight is 399 g/mol. The van der Waals surface area contributed by atoms with Crippen LogP contribution in [0.2, 0.25) is 0 Å². The van der Waals surface area contributed by atoms with Crippen molar-refractivity contribution in [2.75, 3.05) is 31.6 Å². The van der Waals surface area contributed by atoms with Gasteiger partial charge in [-0.1, -0.05) is 26.7 Å². The minimum absolute atomic E-state index is 0.00980. The highest BCUT2D eigenvalue weighted by Crippen LogP contribution is 2.17. The number of carbonyl (C=O) groups is 1. The number of amides is 1. The highest BCUT2D eigenvalue weighted by atomic mass is 16.5. The van der Waals surface area contributed by atoms with Gasteiger partial charge in [0.25, 0.3) is 0 Å². The minimum Gasteiger partial charge on any atom is -0.492 e. The van der Waals surface area contributed by atoms with Gasteiger partial charge < -0.3 is 14.6 Å². The molecule has 1 saturated heterocycles. The third-order valence-corrected chi connectivity index (χ3v) is 5.53. The minimum atomic E-state index is -0.140. The highest BCUT2D eigenvalue weighted by molar-refractivity contribution is 5.92. The van der Waals surface area contributed by atoms with Crippen LogP contribution in [0.5, 0.6) is 5.75 Å². The molecule has 6 heteroatoms. The van der Waals surface area contributed by atoms with E-state index in [0.717, 1.165) is 30.2 Å². The summed E-state index contributed by atoms with van der Waals surface area (Å²) in [5.74, 6) is 1.72. The van der Waals surface area contributed by atoms with Crippen LogP contribution in [0.4, 0.5) is 5.69 Å². The van der Waals surface area contributed by atoms with Gasteiger partial charge in [0, 0.05) is 37.6 Å². The summed E-state index contributed by atoms with van der Waals surface area (Å²) in [4.78, 5) is 19.3. The molecule has 1 N–H and O–H groups in total. The molecule has 158 valence electrons. The quantitative estimate of drug-likeness (QED) is 0.694. The van der Waals surface area contributed by atoms with Crippen molar-refractivity contribution in [3.05, 3.63) is 42.5 Å². The number of nitrogens with one attached hydrogen (secondary N) is 1. The average Bonchev–Trinajstić information content (AvgIpc) is 3.01. The molecule has 29 heavy (non-hydrogen) atoms. The van der Waals surface area contributed by atoms with Crippen molar-refractivity contribution in [1.29, 1.82) is 0 Å². The number of hydrogen-bond acceptors (Lipinski definition) is 4. The summed E-state index contributed by atoms with van der Waals surface area (Å²) in [6.45, 7) is 8.69. The number of likely N-dealkylation sites (tertiary alicyclic amines) is 1. The van der Waals surface area contributed by atoms with Crippen LogP contribution in [0.25, 0.3) is 0 Å². The number of hydrogen-bond donors (Lipinski definition) is 1. The fourth-order valence-electron chi connectivity index (χ4n) is 3.75. The third kappa shape index (κ3) is 6.60. The first kappa shape index (κ1) is 21.4. The van der Waals surface area contributed by atoms with Crippen molar-refractivity contribution in [2.45, 2.75) is 52.5 Å². The number of carbonyl (C=O) groups excluding carboxylic acids is 1. The standard InChI is InChI=1S/C23H34N4O2/c1-3-22-24-12-15-27(22)18-19(2)23(28)25-20-8-10-21(11-9-20)29-17-16-26-13-6-4-5-7-14-26/h8-12,15,19H,3-7,13-14,16-18H2,1-2H3,(H,25,28). The number of imidazole rings is 1. The van der Waals surface area contributed by atoms with E-state index in [1.165, 1.54) is 38.8 Å². The molecule has 0 aliphatic carbocycles. The van der Waals surface area contributed by atoms with E-state index in [-0.39, 0.29) is 11.8 Å². The van der Waals surface area contributed by atoms with Crippen molar-refractivity contribution < 1.29 is 9.53 Å². The van der Waals surface area contributed by atoms with E-state index < -0.39 is 0 Å². The number of aromatic nitrogens is 2. The van der Waals surface area contributed by atoms with E-state index in [1.54, 1.807) is 6.20 Å². The van der Waals surface area contributed by atoms with Gasteiger partial charge in [0.1, 0.15) is 18.2 Å². The summed E-state index contributed by atoms with van der Waals surface area (Å²) < 4.78 is 7.94. The molecule has 0 saturated carbocycles. The second-order valence-electron chi connectivity index (χ2n) is 7.87. The Balaban J connectivity index is 1.42. The van der Waals surface area contributed by atoms with Crippen LogP contribution in [-0.4, -0.2) is 46.6 Å². The first-order chi connectivity index (χ1) is 14.2. The molecule has 1 aliphatic heterocycles. The molecule has 1 unspecified atom stereocenters. The van der Waals surface area contributed by atoms with E-state index in [0.29, 0.717) is 13.2 Å². The fraction of sp³-hybridized carbons (Fsp3) is 0.565. The maximum atomic E-state index is 12.5. The Kier molecular flexibility index (Phi) is 8.11. The zero-order chi connectivity index (χ0) is 20.5. The predicted octanol–water partition coefficient (Wildman–Crippen LogP) is 3.98. The van der Waals surface area contributed by atoms with Crippen molar-refractivity contribution in [1.82, 2.24) is 14.5 Å². The molecule has 2 heterocycles. The van der Waals surface area contributed by atoms with Crippen LogP contribution in [0.3, 0.4) is 0 Å². The summed E-state index contributed by atoms with van der Waals surface area (Å²) in [6.07, 6.45) is 9.88. The van der Waals surface area contributed by atoms with Gasteiger partial charge in [-0.25, -0.2) is 4.98 Å². The number of aryl methyl sites for hydroxylation is 1. The Labute approximate surface area is 174 Å². The molecule has 1 atom stereocenters. The van der Waals surface area contributed by atoms with Crippen molar-refractivity contribution in [2.24, 2.45) is 5.92 Å². The Morgan fingerprint density at radius 3 is 2.59 bits per heavy atom. The van der Waals surface area contributed by atoms with E-state index in [4.69, 9.17) is 4.74 Å². The molecule has 6 nitrogen and oxygen atoms in total. The van der Waals surface area contributed by atoms with Gasteiger partial charge in [-0.15, -0.1) is 0 Å². The second-order valence-corrected chi connectivity index (χ2v) is 7.87.